The summed E-state index contributed by atoms with van der Waals surface area (Å²) < 4.78 is 84.3. The summed E-state index contributed by atoms with van der Waals surface area (Å²) in [5, 5.41) is 0. The minimum atomic E-state index is -4.27. The van der Waals surface area contributed by atoms with Crippen LogP contribution >= 0.6 is 0 Å². The first-order valence-electron chi connectivity index (χ1n) is 10.6. The van der Waals surface area contributed by atoms with Crippen LogP contribution in [0.3, 0.4) is 0 Å². The zero-order valence-corrected chi connectivity index (χ0v) is 20.2. The number of nitrogens with two attached hydrogens (primary N) is 1. The van der Waals surface area contributed by atoms with Gasteiger partial charge in [-0.1, -0.05) is 20.8 Å². The van der Waals surface area contributed by atoms with Crippen LogP contribution in [0.5, 0.6) is 0 Å². The fourth-order valence-corrected chi connectivity index (χ4v) is 5.31. The van der Waals surface area contributed by atoms with Crippen molar-refractivity contribution in [1.82, 2.24) is 0 Å². The van der Waals surface area contributed by atoms with Crippen LogP contribution in [0.15, 0.2) is 0 Å². The minimum absolute atomic E-state index is 0.129. The summed E-state index contributed by atoms with van der Waals surface area (Å²) in [6, 6.07) is -1.84. The van der Waals surface area contributed by atoms with Crippen LogP contribution in [-0.2, 0) is 27.7 Å². The second kappa shape index (κ2) is 13.0. The highest BCUT2D eigenvalue weighted by atomic mass is 28.4. The number of urea groups is 1. The Morgan fingerprint density at radius 3 is 1.43 bits per heavy atom. The monoisotopic (exact) mass is 528 g/mol. The molecule has 2 N–H and O–H groups in total. The molecular formula is C20H25F5N2O7Si. The molecule has 9 nitrogen and oxygen atoms in total. The van der Waals surface area contributed by atoms with Gasteiger partial charge in [0.1, 0.15) is 5.69 Å². The van der Waals surface area contributed by atoms with Crippen molar-refractivity contribution in [1.29, 1.82) is 0 Å². The molecule has 0 saturated carbocycles. The van der Waals surface area contributed by atoms with E-state index in [0.29, 0.717) is 0 Å². The summed E-state index contributed by atoms with van der Waals surface area (Å²) in [7, 11) is -4.27. The maximum absolute atomic E-state index is 14.1. The number of hydrogen-bond donors (Lipinski definition) is 1. The van der Waals surface area contributed by atoms with Crippen LogP contribution in [0.4, 0.5) is 32.4 Å². The number of carbonyl (C=O) groups excluding carboxylic acids is 4. The molecule has 0 aliphatic heterocycles. The first kappa shape index (κ1) is 29.8. The van der Waals surface area contributed by atoms with E-state index in [1.165, 1.54) is 20.8 Å². The van der Waals surface area contributed by atoms with Gasteiger partial charge in [-0.05, 0) is 12.8 Å². The van der Waals surface area contributed by atoms with Crippen molar-refractivity contribution >= 4 is 38.4 Å². The van der Waals surface area contributed by atoms with Crippen LogP contribution < -0.4 is 10.6 Å². The average Bonchev–Trinajstić information content (AvgIpc) is 2.82. The van der Waals surface area contributed by atoms with Crippen LogP contribution in [0, 0.1) is 29.1 Å². The van der Waals surface area contributed by atoms with Crippen molar-refractivity contribution in [2.24, 2.45) is 5.73 Å². The molecule has 0 aromatic heterocycles. The SMILES string of the molecule is CCC(=O)O[Si](CCCCN(C(N)=O)c1c(F)c(F)c(F)c(F)c1F)(OC(=O)CC)OC(=O)CC. The molecule has 0 heterocycles. The van der Waals surface area contributed by atoms with Gasteiger partial charge in [0.2, 0.25) is 5.82 Å². The molecule has 196 valence electrons. The van der Waals surface area contributed by atoms with E-state index in [4.69, 9.17) is 19.0 Å². The number of hydrogen-bond acceptors (Lipinski definition) is 7. The summed E-state index contributed by atoms with van der Waals surface area (Å²) in [5.74, 6) is -13.9. The number of halogens is 5. The molecule has 0 fully saturated rings. The minimum Gasteiger partial charge on any atom is -0.455 e. The number of anilines is 1. The lowest BCUT2D eigenvalue weighted by Gasteiger charge is -2.28. The van der Waals surface area contributed by atoms with Crippen molar-refractivity contribution in [3.8, 4) is 0 Å². The van der Waals surface area contributed by atoms with E-state index >= 15 is 0 Å². The summed E-state index contributed by atoms with van der Waals surface area (Å²) in [4.78, 5) is 47.7. The lowest BCUT2D eigenvalue weighted by molar-refractivity contribution is -0.150. The second-order valence-corrected chi connectivity index (χ2v) is 9.51. The molecule has 15 heteroatoms. The van der Waals surface area contributed by atoms with Gasteiger partial charge < -0.3 is 19.0 Å². The Balaban J connectivity index is 3.17. The Morgan fingerprint density at radius 2 is 1.09 bits per heavy atom. The molecule has 0 aliphatic carbocycles. The zero-order valence-electron chi connectivity index (χ0n) is 19.2. The van der Waals surface area contributed by atoms with Crippen LogP contribution in [-0.4, -0.2) is 39.3 Å². The van der Waals surface area contributed by atoms with Gasteiger partial charge in [0.05, 0.1) is 6.04 Å². The van der Waals surface area contributed by atoms with Gasteiger partial charge in [-0.2, -0.15) is 0 Å². The standard InChI is InChI=1S/C20H25F5N2O7Si/c1-4-11(28)32-35(33-12(29)5-2,34-13(30)6-3)10-8-7-9-27(20(26)31)19-17(24)15(22)14(21)16(23)18(19)25/h4-10H2,1-3H3,(H2,26,31). The van der Waals surface area contributed by atoms with Gasteiger partial charge in [-0.15, -0.1) is 0 Å². The zero-order chi connectivity index (χ0) is 26.9. The number of nitrogens with zero attached hydrogens (tertiary/aromatic N) is 1. The van der Waals surface area contributed by atoms with E-state index in [1.54, 1.807) is 0 Å². The van der Waals surface area contributed by atoms with Crippen LogP contribution in [0.2, 0.25) is 6.04 Å². The molecule has 0 radical (unpaired) electrons. The van der Waals surface area contributed by atoms with E-state index in [2.05, 4.69) is 0 Å². The lowest BCUT2D eigenvalue weighted by atomic mass is 10.2. The first-order valence-corrected chi connectivity index (χ1v) is 12.5. The fraction of sp³-hybridized carbons (Fsp3) is 0.500. The highest BCUT2D eigenvalue weighted by Crippen LogP contribution is 2.31. The van der Waals surface area contributed by atoms with E-state index in [1.807, 2.05) is 0 Å². The van der Waals surface area contributed by atoms with Crippen LogP contribution in [0.1, 0.15) is 52.9 Å². The molecule has 2 amide bonds. The lowest BCUT2D eigenvalue weighted by Crippen LogP contribution is -2.50. The molecule has 0 spiro atoms. The third-order valence-electron chi connectivity index (χ3n) is 4.51. The predicted octanol–water partition coefficient (Wildman–Crippen LogP) is 3.85. The van der Waals surface area contributed by atoms with Crippen LogP contribution in [0.25, 0.3) is 0 Å². The quantitative estimate of drug-likeness (QED) is 0.144. The topological polar surface area (TPSA) is 125 Å². The number of benzene rings is 1. The predicted molar refractivity (Wildman–Crippen MR) is 112 cm³/mol. The maximum atomic E-state index is 14.1. The van der Waals surface area contributed by atoms with Crippen molar-refractivity contribution in [3.05, 3.63) is 29.1 Å². The summed E-state index contributed by atoms with van der Waals surface area (Å²) in [6.07, 6.45) is -0.766. The molecule has 0 saturated heterocycles. The number of carbonyl (C=O) groups is 4. The molecule has 35 heavy (non-hydrogen) atoms. The molecule has 0 unspecified atom stereocenters. The van der Waals surface area contributed by atoms with Crippen molar-refractivity contribution in [2.75, 3.05) is 11.4 Å². The normalized spacial score (nSPS) is 11.1. The third kappa shape index (κ3) is 7.63. The number of unbranched alkanes of at least 4 members (excludes halogenated alkanes) is 1. The highest BCUT2D eigenvalue weighted by Gasteiger charge is 2.52. The highest BCUT2D eigenvalue weighted by molar-refractivity contribution is 6.65. The Kier molecular flexibility index (Phi) is 11.1. The van der Waals surface area contributed by atoms with Gasteiger partial charge in [0.25, 0.3) is 17.9 Å². The Hall–Kier alpha value is -3.23. The first-order chi connectivity index (χ1) is 16.3. The van der Waals surface area contributed by atoms with Gasteiger partial charge in [0.15, 0.2) is 23.3 Å². The number of primary amides is 1. The van der Waals surface area contributed by atoms with E-state index < -0.39 is 74.1 Å². The molecule has 1 rings (SSSR count). The fourth-order valence-electron chi connectivity index (χ4n) is 2.73. The van der Waals surface area contributed by atoms with Crippen molar-refractivity contribution in [2.45, 2.75) is 58.9 Å². The molecule has 1 aromatic rings. The van der Waals surface area contributed by atoms with Gasteiger partial charge in [0, 0.05) is 25.8 Å². The number of rotatable bonds is 12. The van der Waals surface area contributed by atoms with Crippen molar-refractivity contribution < 1.29 is 54.4 Å². The number of amides is 2. The van der Waals surface area contributed by atoms with Crippen molar-refractivity contribution in [3.63, 3.8) is 0 Å². The summed E-state index contributed by atoms with van der Waals surface area (Å²) in [6.45, 7) is 3.70. The average molecular weight is 529 g/mol. The van der Waals surface area contributed by atoms with E-state index in [0.717, 1.165) is 0 Å². The largest absolute Gasteiger partial charge is 0.705 e. The van der Waals surface area contributed by atoms with Gasteiger partial charge >= 0.3 is 14.8 Å². The smallest absolute Gasteiger partial charge is 0.455 e. The van der Waals surface area contributed by atoms with Gasteiger partial charge in [-0.3, -0.25) is 19.3 Å². The Bertz CT molecular complexity index is 905. The maximum Gasteiger partial charge on any atom is 0.705 e. The molecule has 0 aliphatic rings. The van der Waals surface area contributed by atoms with E-state index in [9.17, 15) is 41.1 Å². The third-order valence-corrected chi connectivity index (χ3v) is 7.09. The molecular weight excluding hydrogens is 503 g/mol. The van der Waals surface area contributed by atoms with E-state index in [-0.39, 0.29) is 43.0 Å². The second-order valence-electron chi connectivity index (χ2n) is 7.03. The molecule has 0 bridgehead atoms. The molecule has 1 aromatic carbocycles. The van der Waals surface area contributed by atoms with Gasteiger partial charge in [-0.25, -0.2) is 26.7 Å². The summed E-state index contributed by atoms with van der Waals surface area (Å²) >= 11 is 0. The Morgan fingerprint density at radius 1 is 0.714 bits per heavy atom. The summed E-state index contributed by atoms with van der Waals surface area (Å²) in [5.41, 5.74) is 3.54. The molecule has 0 atom stereocenters. The Labute approximate surface area is 198 Å².